The number of hydrogen-bond acceptors (Lipinski definition) is 6. The Morgan fingerprint density at radius 2 is 1.79 bits per heavy atom. The summed E-state index contributed by atoms with van der Waals surface area (Å²) in [6.45, 7) is 5.77. The van der Waals surface area contributed by atoms with Crippen molar-refractivity contribution in [2.45, 2.75) is 65.8 Å². The van der Waals surface area contributed by atoms with Gasteiger partial charge in [-0.1, -0.05) is 13.8 Å². The van der Waals surface area contributed by atoms with Crippen LogP contribution < -0.4 is 21.0 Å². The van der Waals surface area contributed by atoms with Crippen molar-refractivity contribution in [1.82, 2.24) is 14.1 Å². The first-order valence-electron chi connectivity index (χ1n) is 12.4. The first kappa shape index (κ1) is 28.9. The Balaban J connectivity index is 1.95. The number of nitrogens with zero attached hydrogens (tertiary/aromatic N) is 3. The van der Waals surface area contributed by atoms with Crippen LogP contribution in [-0.2, 0) is 42.3 Å². The van der Waals surface area contributed by atoms with Crippen LogP contribution in [0.2, 0.25) is 0 Å². The summed E-state index contributed by atoms with van der Waals surface area (Å²) >= 11 is 0. The molecule has 0 spiro atoms. The third-order valence-corrected chi connectivity index (χ3v) is 5.86. The molecule has 0 aliphatic rings. The van der Waals surface area contributed by atoms with Crippen LogP contribution in [0.15, 0.2) is 33.9 Å². The van der Waals surface area contributed by atoms with Gasteiger partial charge in [-0.25, -0.2) is 9.78 Å². The minimum atomic E-state index is -4.46. The van der Waals surface area contributed by atoms with Gasteiger partial charge in [0.25, 0.3) is 0 Å². The van der Waals surface area contributed by atoms with E-state index < -0.39 is 23.0 Å². The maximum atomic E-state index is 12.9. The van der Waals surface area contributed by atoms with E-state index in [2.05, 4.69) is 9.97 Å². The Kier molecular flexibility index (Phi) is 9.29. The van der Waals surface area contributed by atoms with Gasteiger partial charge in [0.15, 0.2) is 0 Å². The smallest absolute Gasteiger partial charge is 0.416 e. The molecule has 0 aliphatic heterocycles. The van der Waals surface area contributed by atoms with E-state index in [4.69, 9.17) is 9.47 Å². The molecule has 0 saturated carbocycles. The third kappa shape index (κ3) is 7.20. The number of aromatic nitrogens is 4. The molecular weight excluding hydrogens is 505 g/mol. The second-order valence-corrected chi connectivity index (χ2v) is 9.47. The highest BCUT2D eigenvalue weighted by atomic mass is 19.4. The van der Waals surface area contributed by atoms with Gasteiger partial charge < -0.3 is 9.47 Å². The number of rotatable bonds is 11. The lowest BCUT2D eigenvalue weighted by atomic mass is 10.1. The van der Waals surface area contributed by atoms with Crippen LogP contribution in [0.5, 0.6) is 5.75 Å². The predicted molar refractivity (Wildman–Crippen MR) is 133 cm³/mol. The van der Waals surface area contributed by atoms with Crippen LogP contribution in [-0.4, -0.2) is 26.7 Å². The Hall–Kier alpha value is -3.70. The molecule has 38 heavy (non-hydrogen) atoms. The van der Waals surface area contributed by atoms with Crippen LogP contribution in [0, 0.1) is 5.92 Å². The highest BCUT2D eigenvalue weighted by Crippen LogP contribution is 2.30. The Morgan fingerprint density at radius 3 is 2.39 bits per heavy atom. The minimum absolute atomic E-state index is 0.0916. The average molecular weight is 538 g/mol. The summed E-state index contributed by atoms with van der Waals surface area (Å²) in [5.41, 5.74) is -0.373. The van der Waals surface area contributed by atoms with Crippen LogP contribution in [0.3, 0.4) is 0 Å². The zero-order valence-electron chi connectivity index (χ0n) is 21.9. The summed E-state index contributed by atoms with van der Waals surface area (Å²) in [4.78, 5) is 44.5. The largest absolute Gasteiger partial charge is 0.487 e. The van der Waals surface area contributed by atoms with E-state index in [9.17, 15) is 27.6 Å². The monoisotopic (exact) mass is 537 g/mol. The van der Waals surface area contributed by atoms with E-state index in [1.807, 2.05) is 13.8 Å². The van der Waals surface area contributed by atoms with Crippen molar-refractivity contribution in [3.8, 4) is 5.75 Å². The number of fused-ring (bicyclic) bond motifs is 1. The molecule has 0 saturated heterocycles. The molecular formula is C26H32F3N4O5+. The van der Waals surface area contributed by atoms with Gasteiger partial charge in [-0.3, -0.25) is 18.7 Å². The number of hydrogen-bond donors (Lipinski definition) is 0. The van der Waals surface area contributed by atoms with Crippen molar-refractivity contribution in [1.29, 1.82) is 0 Å². The maximum Gasteiger partial charge on any atom is 0.416 e. The first-order valence-corrected chi connectivity index (χ1v) is 12.4. The van der Waals surface area contributed by atoms with Crippen molar-refractivity contribution in [2.24, 2.45) is 13.0 Å². The molecule has 0 aliphatic carbocycles. The second-order valence-electron chi connectivity index (χ2n) is 9.47. The molecule has 0 atom stereocenters. The molecule has 2 aromatic heterocycles. The van der Waals surface area contributed by atoms with Crippen molar-refractivity contribution >= 4 is 17.1 Å². The third-order valence-electron chi connectivity index (χ3n) is 5.86. The van der Waals surface area contributed by atoms with Crippen molar-refractivity contribution < 1.29 is 32.4 Å². The topological polar surface area (TPSA) is 107 Å². The number of ether oxygens (including phenoxy) is 2. The molecule has 0 amide bonds. The lowest BCUT2D eigenvalue weighted by Crippen LogP contribution is -2.42. The number of carbonyl (C=O) groups excluding carboxylic acids is 1. The number of aryl methyl sites for hydroxylation is 1. The summed E-state index contributed by atoms with van der Waals surface area (Å²) < 4.78 is 51.8. The fraction of sp³-hybridized carbons (Fsp3) is 0.500. The summed E-state index contributed by atoms with van der Waals surface area (Å²) in [6, 6.07) is 4.33. The number of aromatic amines is 1. The second kappa shape index (κ2) is 12.2. The summed E-state index contributed by atoms with van der Waals surface area (Å²) in [5.74, 6) is -0.0298. The van der Waals surface area contributed by atoms with Gasteiger partial charge in [-0.05, 0) is 49.4 Å². The SMILES string of the molecule is CC(=O)OCCCCCc1[nH+]c2c(=O)n(C)c(=O)n(CC(C)C)c2nc1COc1ccc(C(F)(F)F)cc1. The van der Waals surface area contributed by atoms with Gasteiger partial charge in [0, 0.05) is 26.9 Å². The fourth-order valence-corrected chi connectivity index (χ4v) is 3.95. The highest BCUT2D eigenvalue weighted by Gasteiger charge is 2.30. The summed E-state index contributed by atoms with van der Waals surface area (Å²) in [7, 11) is 1.41. The Morgan fingerprint density at radius 1 is 1.11 bits per heavy atom. The van der Waals surface area contributed by atoms with Crippen molar-refractivity contribution in [3.05, 3.63) is 62.1 Å². The van der Waals surface area contributed by atoms with Gasteiger partial charge >= 0.3 is 28.9 Å². The van der Waals surface area contributed by atoms with Crippen LogP contribution >= 0.6 is 0 Å². The predicted octanol–water partition coefficient (Wildman–Crippen LogP) is 3.44. The maximum absolute atomic E-state index is 12.9. The molecule has 0 fully saturated rings. The number of esters is 1. The van der Waals surface area contributed by atoms with E-state index in [0.717, 1.165) is 23.1 Å². The number of alkyl halides is 3. The molecule has 9 nitrogen and oxygen atoms in total. The Labute approximate surface area is 217 Å². The quantitative estimate of drug-likeness (QED) is 0.274. The van der Waals surface area contributed by atoms with Crippen LogP contribution in [0.25, 0.3) is 11.2 Å². The highest BCUT2D eigenvalue weighted by molar-refractivity contribution is 5.66. The molecule has 3 aromatic rings. The molecule has 0 unspecified atom stereocenters. The number of benzene rings is 1. The van der Waals surface area contributed by atoms with Gasteiger partial charge in [0.05, 0.1) is 12.2 Å². The number of nitrogens with one attached hydrogen (secondary N) is 1. The van der Waals surface area contributed by atoms with Gasteiger partial charge in [-0.2, -0.15) is 18.2 Å². The lowest BCUT2D eigenvalue weighted by Gasteiger charge is -2.13. The average Bonchev–Trinajstić information content (AvgIpc) is 2.85. The molecule has 12 heteroatoms. The normalized spacial score (nSPS) is 11.8. The lowest BCUT2D eigenvalue weighted by molar-refractivity contribution is -0.361. The van der Waals surface area contributed by atoms with Gasteiger partial charge in [0.1, 0.15) is 18.1 Å². The Bertz CT molecular complexity index is 1400. The standard InChI is InChI=1S/C26H31F3N4O5/c1-16(2)14-33-23-22(24(35)32(4)25(33)36)30-20(8-6-5-7-13-37-17(3)34)21(31-23)15-38-19-11-9-18(10-12-19)26(27,28)29/h9-12,16H,5-8,13-15H2,1-4H3/p+1. The first-order chi connectivity index (χ1) is 17.9. The van der Waals surface area contributed by atoms with E-state index >= 15 is 0 Å². The van der Waals surface area contributed by atoms with Gasteiger partial charge in [-0.15, -0.1) is 0 Å². The molecule has 206 valence electrons. The van der Waals surface area contributed by atoms with Gasteiger partial charge in [0.2, 0.25) is 11.3 Å². The summed E-state index contributed by atoms with van der Waals surface area (Å²) in [5, 5.41) is 0. The molecule has 0 bridgehead atoms. The van der Waals surface area contributed by atoms with Crippen LogP contribution in [0.1, 0.15) is 57.0 Å². The molecule has 2 heterocycles. The van der Waals surface area contributed by atoms with E-state index in [0.29, 0.717) is 43.8 Å². The van der Waals surface area contributed by atoms with E-state index in [1.165, 1.54) is 30.7 Å². The summed E-state index contributed by atoms with van der Waals surface area (Å²) in [6.07, 6.45) is -1.88. The number of unbranched alkanes of at least 4 members (excludes halogenated alkanes) is 2. The molecule has 0 radical (unpaired) electrons. The molecule has 1 aromatic carbocycles. The number of H-pyrrole nitrogens is 1. The number of carbonyl (C=O) groups is 1. The minimum Gasteiger partial charge on any atom is -0.487 e. The fourth-order valence-electron chi connectivity index (χ4n) is 3.95. The number of halogens is 3. The van der Waals surface area contributed by atoms with Crippen LogP contribution in [0.4, 0.5) is 13.2 Å². The van der Waals surface area contributed by atoms with E-state index in [1.54, 1.807) is 0 Å². The van der Waals surface area contributed by atoms with Crippen molar-refractivity contribution in [2.75, 3.05) is 6.61 Å². The zero-order valence-corrected chi connectivity index (χ0v) is 21.9. The zero-order chi connectivity index (χ0) is 28.0. The molecule has 1 N–H and O–H groups in total. The van der Waals surface area contributed by atoms with Crippen molar-refractivity contribution in [3.63, 3.8) is 0 Å². The van der Waals surface area contributed by atoms with E-state index in [-0.39, 0.29) is 35.4 Å². The molecule has 3 rings (SSSR count).